The van der Waals surface area contributed by atoms with Crippen molar-refractivity contribution in [2.45, 2.75) is 32.2 Å². The maximum absolute atomic E-state index is 10.6. The van der Waals surface area contributed by atoms with Crippen LogP contribution < -0.4 is 5.32 Å². The molecule has 3 N–H and O–H groups in total. The van der Waals surface area contributed by atoms with E-state index in [-0.39, 0.29) is 17.5 Å². The zero-order chi connectivity index (χ0) is 14.3. The van der Waals surface area contributed by atoms with Gasteiger partial charge in [-0.05, 0) is 43.5 Å². The Hall–Kier alpha value is -1.11. The zero-order valence-electron chi connectivity index (χ0n) is 11.0. The quantitative estimate of drug-likeness (QED) is 0.499. The number of aromatic hydroxyl groups is 1. The van der Waals surface area contributed by atoms with E-state index in [0.717, 1.165) is 18.4 Å². The zero-order valence-corrected chi connectivity index (χ0v) is 11.9. The fraction of sp³-hybridized carbons (Fsp3) is 0.538. The normalized spacial score (nSPS) is 13.4. The molecule has 1 aromatic carbocycles. The van der Waals surface area contributed by atoms with E-state index in [9.17, 15) is 13.5 Å². The van der Waals surface area contributed by atoms with Gasteiger partial charge in [-0.1, -0.05) is 19.1 Å². The Morgan fingerprint density at radius 2 is 1.89 bits per heavy atom. The molecule has 0 aliphatic carbocycles. The summed E-state index contributed by atoms with van der Waals surface area (Å²) in [6, 6.07) is 7.31. The molecule has 0 amide bonds. The molecule has 1 unspecified atom stereocenters. The number of rotatable bonds is 8. The number of hydrogen-bond acceptors (Lipinski definition) is 4. The van der Waals surface area contributed by atoms with Crippen LogP contribution in [0.2, 0.25) is 0 Å². The van der Waals surface area contributed by atoms with Gasteiger partial charge in [0, 0.05) is 6.04 Å². The molecule has 0 saturated heterocycles. The lowest BCUT2D eigenvalue weighted by atomic mass is 10.0. The van der Waals surface area contributed by atoms with E-state index in [0.29, 0.717) is 13.0 Å². The van der Waals surface area contributed by atoms with Crippen molar-refractivity contribution >= 4 is 10.1 Å². The van der Waals surface area contributed by atoms with Gasteiger partial charge < -0.3 is 10.4 Å². The van der Waals surface area contributed by atoms with Crippen LogP contribution in [0.15, 0.2) is 24.3 Å². The van der Waals surface area contributed by atoms with Crippen LogP contribution >= 0.6 is 0 Å². The summed E-state index contributed by atoms with van der Waals surface area (Å²) in [5.74, 6) is 0.0354. The molecule has 1 aromatic rings. The fourth-order valence-corrected chi connectivity index (χ4v) is 2.35. The molecule has 1 rings (SSSR count). The molecule has 5 nitrogen and oxygen atoms in total. The lowest BCUT2D eigenvalue weighted by Crippen LogP contribution is -2.32. The van der Waals surface area contributed by atoms with Gasteiger partial charge in [0.2, 0.25) is 0 Å². The van der Waals surface area contributed by atoms with Gasteiger partial charge in [0.25, 0.3) is 10.1 Å². The van der Waals surface area contributed by atoms with Gasteiger partial charge in [0.05, 0.1) is 5.75 Å². The van der Waals surface area contributed by atoms with Crippen LogP contribution in [0.3, 0.4) is 0 Å². The van der Waals surface area contributed by atoms with Crippen LogP contribution in [0.4, 0.5) is 0 Å². The second-order valence-corrected chi connectivity index (χ2v) is 6.14. The molecule has 108 valence electrons. The molecule has 0 fully saturated rings. The van der Waals surface area contributed by atoms with Crippen LogP contribution in [0.25, 0.3) is 0 Å². The van der Waals surface area contributed by atoms with E-state index in [1.807, 2.05) is 12.1 Å². The molecular weight excluding hydrogens is 266 g/mol. The molecular formula is C13H21NO4S. The maximum atomic E-state index is 10.6. The summed E-state index contributed by atoms with van der Waals surface area (Å²) >= 11 is 0. The Kier molecular flexibility index (Phi) is 6.27. The monoisotopic (exact) mass is 287 g/mol. The largest absolute Gasteiger partial charge is 0.508 e. The highest BCUT2D eigenvalue weighted by Gasteiger charge is 2.08. The predicted octanol–water partition coefficient (Wildman–Crippen LogP) is 1.58. The highest BCUT2D eigenvalue weighted by molar-refractivity contribution is 7.85. The Morgan fingerprint density at radius 3 is 2.42 bits per heavy atom. The third kappa shape index (κ3) is 7.15. The van der Waals surface area contributed by atoms with Crippen molar-refractivity contribution in [3.63, 3.8) is 0 Å². The van der Waals surface area contributed by atoms with Crippen molar-refractivity contribution in [1.29, 1.82) is 0 Å². The van der Waals surface area contributed by atoms with E-state index in [4.69, 9.17) is 4.55 Å². The number of phenols is 1. The standard InChI is InChI=1S/C13H21NO4S/c1-2-12(14-8-3-9-19(16,17)18)10-11-4-6-13(15)7-5-11/h4-7,12,14-15H,2-3,8-10H2,1H3,(H,16,17,18). The van der Waals surface area contributed by atoms with E-state index in [1.165, 1.54) is 0 Å². The Balaban J connectivity index is 2.35. The minimum absolute atomic E-state index is 0.213. The van der Waals surface area contributed by atoms with Gasteiger partial charge in [-0.3, -0.25) is 4.55 Å². The smallest absolute Gasteiger partial charge is 0.264 e. The van der Waals surface area contributed by atoms with Crippen LogP contribution in [0.5, 0.6) is 5.75 Å². The third-order valence-electron chi connectivity index (χ3n) is 2.92. The summed E-state index contributed by atoms with van der Waals surface area (Å²) in [7, 11) is -3.86. The minimum Gasteiger partial charge on any atom is -0.508 e. The van der Waals surface area contributed by atoms with E-state index < -0.39 is 10.1 Å². The lowest BCUT2D eigenvalue weighted by molar-refractivity contribution is 0.468. The SMILES string of the molecule is CCC(Cc1ccc(O)cc1)NCCCS(=O)(=O)O. The molecule has 0 spiro atoms. The van der Waals surface area contributed by atoms with E-state index >= 15 is 0 Å². The first-order valence-electron chi connectivity index (χ1n) is 6.37. The predicted molar refractivity (Wildman–Crippen MR) is 74.9 cm³/mol. The topological polar surface area (TPSA) is 86.6 Å². The number of hydrogen-bond donors (Lipinski definition) is 3. The molecule has 1 atom stereocenters. The van der Waals surface area contributed by atoms with Crippen molar-refractivity contribution in [3.05, 3.63) is 29.8 Å². The number of phenolic OH excluding ortho intramolecular Hbond substituents is 1. The molecule has 0 heterocycles. The van der Waals surface area contributed by atoms with Gasteiger partial charge in [0.1, 0.15) is 5.75 Å². The fourth-order valence-electron chi connectivity index (χ4n) is 1.84. The summed E-state index contributed by atoms with van der Waals surface area (Å²) in [6.45, 7) is 2.61. The summed E-state index contributed by atoms with van der Waals surface area (Å²) < 4.78 is 29.8. The highest BCUT2D eigenvalue weighted by Crippen LogP contribution is 2.12. The Labute approximate surface area is 114 Å². The molecule has 19 heavy (non-hydrogen) atoms. The first-order chi connectivity index (χ1) is 8.90. The average molecular weight is 287 g/mol. The van der Waals surface area contributed by atoms with Crippen LogP contribution in [0.1, 0.15) is 25.3 Å². The molecule has 0 radical (unpaired) electrons. The first-order valence-corrected chi connectivity index (χ1v) is 7.98. The van der Waals surface area contributed by atoms with Gasteiger partial charge in [0.15, 0.2) is 0 Å². The van der Waals surface area contributed by atoms with Gasteiger partial charge in [-0.2, -0.15) is 8.42 Å². The van der Waals surface area contributed by atoms with Crippen molar-refractivity contribution < 1.29 is 18.1 Å². The summed E-state index contributed by atoms with van der Waals surface area (Å²) in [4.78, 5) is 0. The second kappa shape index (κ2) is 7.47. The minimum atomic E-state index is -3.86. The summed E-state index contributed by atoms with van der Waals surface area (Å²) in [5, 5.41) is 12.5. The molecule has 6 heteroatoms. The molecule has 0 bridgehead atoms. The number of benzene rings is 1. The van der Waals surface area contributed by atoms with Crippen LogP contribution in [-0.2, 0) is 16.5 Å². The first kappa shape index (κ1) is 15.9. The van der Waals surface area contributed by atoms with E-state index in [2.05, 4.69) is 12.2 Å². The Morgan fingerprint density at radius 1 is 1.26 bits per heavy atom. The lowest BCUT2D eigenvalue weighted by Gasteiger charge is -2.16. The molecule has 0 saturated carbocycles. The van der Waals surface area contributed by atoms with Gasteiger partial charge in [-0.15, -0.1) is 0 Å². The van der Waals surface area contributed by atoms with Crippen molar-refractivity contribution in [3.8, 4) is 5.75 Å². The molecule has 0 aromatic heterocycles. The highest BCUT2D eigenvalue weighted by atomic mass is 32.2. The summed E-state index contributed by atoms with van der Waals surface area (Å²) in [5.41, 5.74) is 1.12. The average Bonchev–Trinajstić information content (AvgIpc) is 2.34. The Bertz CT molecular complexity index is 470. The van der Waals surface area contributed by atoms with Crippen molar-refractivity contribution in [2.75, 3.05) is 12.3 Å². The van der Waals surface area contributed by atoms with Crippen LogP contribution in [-0.4, -0.2) is 36.4 Å². The molecule has 0 aliphatic rings. The maximum Gasteiger partial charge on any atom is 0.264 e. The second-order valence-electron chi connectivity index (χ2n) is 4.57. The van der Waals surface area contributed by atoms with Gasteiger partial charge >= 0.3 is 0 Å². The van der Waals surface area contributed by atoms with Crippen molar-refractivity contribution in [1.82, 2.24) is 5.32 Å². The van der Waals surface area contributed by atoms with Crippen molar-refractivity contribution in [2.24, 2.45) is 0 Å². The van der Waals surface area contributed by atoms with Gasteiger partial charge in [-0.25, -0.2) is 0 Å². The van der Waals surface area contributed by atoms with Crippen LogP contribution in [0, 0.1) is 0 Å². The number of nitrogens with one attached hydrogen (secondary N) is 1. The summed E-state index contributed by atoms with van der Waals surface area (Å²) in [6.07, 6.45) is 2.14. The van der Waals surface area contributed by atoms with E-state index in [1.54, 1.807) is 12.1 Å². The third-order valence-corrected chi connectivity index (χ3v) is 3.73. The molecule has 0 aliphatic heterocycles.